The Kier molecular flexibility index (Phi) is 10.4. The summed E-state index contributed by atoms with van der Waals surface area (Å²) in [7, 11) is 2.99. The summed E-state index contributed by atoms with van der Waals surface area (Å²) < 4.78 is 43.4. The molecule has 0 amide bonds. The Morgan fingerprint density at radius 1 is 0.771 bits per heavy atom. The van der Waals surface area contributed by atoms with Crippen molar-refractivity contribution in [1.29, 1.82) is 0 Å². The molecule has 194 valence electrons. The van der Waals surface area contributed by atoms with Crippen molar-refractivity contribution in [2.75, 3.05) is 20.8 Å². The summed E-state index contributed by atoms with van der Waals surface area (Å²) in [5.74, 6) is -2.47. The third-order valence-electron chi connectivity index (χ3n) is 4.78. The quantitative estimate of drug-likeness (QED) is 0.262. The summed E-state index contributed by atoms with van der Waals surface area (Å²) in [5, 5.41) is 0. The number of hydrogen-bond acceptors (Lipinski definition) is 12. The Balaban J connectivity index is 2.41. The number of rotatable bonds is 10. The van der Waals surface area contributed by atoms with Gasteiger partial charge in [-0.2, -0.15) is 0 Å². The molecule has 1 saturated heterocycles. The third-order valence-corrected chi connectivity index (χ3v) is 4.78. The summed E-state index contributed by atoms with van der Waals surface area (Å²) in [6, 6.07) is 6.60. The SMILES string of the molecule is COC(OC)c1ccc(O[C@H]2O[C@@H](COC(C)=O)[C@H](OC(C)=O)[C@@H](OC(C)=O)[C@@H]2OC(C)=O)cc1. The first kappa shape index (κ1) is 28.0. The average Bonchev–Trinajstić information content (AvgIpc) is 2.77. The van der Waals surface area contributed by atoms with E-state index >= 15 is 0 Å². The van der Waals surface area contributed by atoms with Crippen LogP contribution in [-0.4, -0.2) is 75.4 Å². The Labute approximate surface area is 202 Å². The first-order valence-corrected chi connectivity index (χ1v) is 10.7. The molecule has 1 aromatic carbocycles. The van der Waals surface area contributed by atoms with Crippen molar-refractivity contribution in [1.82, 2.24) is 0 Å². The summed E-state index contributed by atoms with van der Waals surface area (Å²) >= 11 is 0. The Morgan fingerprint density at radius 2 is 1.29 bits per heavy atom. The van der Waals surface area contributed by atoms with Crippen LogP contribution in [0.4, 0.5) is 0 Å². The van der Waals surface area contributed by atoms with Crippen molar-refractivity contribution in [2.45, 2.75) is 64.7 Å². The lowest BCUT2D eigenvalue weighted by atomic mass is 9.98. The maximum absolute atomic E-state index is 11.9. The molecular formula is C23H30O12. The third kappa shape index (κ3) is 8.19. The van der Waals surface area contributed by atoms with Crippen LogP contribution in [0.3, 0.4) is 0 Å². The number of benzene rings is 1. The van der Waals surface area contributed by atoms with Crippen LogP contribution in [0.15, 0.2) is 24.3 Å². The molecule has 1 aromatic rings. The van der Waals surface area contributed by atoms with Gasteiger partial charge in [-0.25, -0.2) is 0 Å². The van der Waals surface area contributed by atoms with Gasteiger partial charge in [0.25, 0.3) is 0 Å². The molecule has 0 spiro atoms. The Bertz CT molecular complexity index is 879. The highest BCUT2D eigenvalue weighted by atomic mass is 16.7. The zero-order valence-electron chi connectivity index (χ0n) is 20.4. The van der Waals surface area contributed by atoms with Crippen LogP contribution in [-0.2, 0) is 52.3 Å². The zero-order valence-corrected chi connectivity index (χ0v) is 20.4. The molecule has 1 heterocycles. The maximum atomic E-state index is 11.9. The molecule has 0 unspecified atom stereocenters. The zero-order chi connectivity index (χ0) is 26.1. The lowest BCUT2D eigenvalue weighted by Gasteiger charge is -2.43. The number of methoxy groups -OCH3 is 2. The van der Waals surface area contributed by atoms with Gasteiger partial charge in [-0.1, -0.05) is 12.1 Å². The predicted molar refractivity (Wildman–Crippen MR) is 116 cm³/mol. The minimum Gasteiger partial charge on any atom is -0.463 e. The van der Waals surface area contributed by atoms with E-state index < -0.39 is 60.9 Å². The fourth-order valence-electron chi connectivity index (χ4n) is 3.49. The van der Waals surface area contributed by atoms with E-state index in [4.69, 9.17) is 37.9 Å². The minimum absolute atomic E-state index is 0.306. The van der Waals surface area contributed by atoms with Crippen molar-refractivity contribution >= 4 is 23.9 Å². The van der Waals surface area contributed by atoms with Crippen molar-refractivity contribution in [3.8, 4) is 5.75 Å². The molecule has 0 bridgehead atoms. The van der Waals surface area contributed by atoms with Crippen LogP contribution in [0, 0.1) is 0 Å². The van der Waals surface area contributed by atoms with Crippen molar-refractivity contribution in [2.24, 2.45) is 0 Å². The second kappa shape index (κ2) is 13.0. The minimum atomic E-state index is -1.32. The van der Waals surface area contributed by atoms with Gasteiger partial charge in [0.2, 0.25) is 12.4 Å². The van der Waals surface area contributed by atoms with Gasteiger partial charge in [-0.15, -0.1) is 0 Å². The van der Waals surface area contributed by atoms with Gasteiger partial charge in [-0.05, 0) is 12.1 Å². The van der Waals surface area contributed by atoms with Crippen LogP contribution in [0.25, 0.3) is 0 Å². The smallest absolute Gasteiger partial charge is 0.303 e. The molecule has 0 N–H and O–H groups in total. The molecule has 35 heavy (non-hydrogen) atoms. The molecule has 1 fully saturated rings. The number of hydrogen-bond donors (Lipinski definition) is 0. The standard InChI is InChI=1S/C23H30O12/c1-12(24)30-11-18-19(31-13(2)25)20(32-14(3)26)21(33-15(4)27)23(35-18)34-17-9-7-16(8-10-17)22(28-5)29-6/h7-10,18-23H,11H2,1-6H3/t18-,19-,20+,21-,23-/m0/s1. The summed E-state index contributed by atoms with van der Waals surface area (Å²) in [6.07, 6.45) is -6.90. The highest BCUT2D eigenvalue weighted by Gasteiger charge is 2.53. The van der Waals surface area contributed by atoms with Gasteiger partial charge in [0.15, 0.2) is 18.5 Å². The summed E-state index contributed by atoms with van der Waals surface area (Å²) in [4.78, 5) is 46.9. The van der Waals surface area contributed by atoms with Gasteiger partial charge in [0.1, 0.15) is 18.5 Å². The number of ether oxygens (including phenoxy) is 8. The molecule has 0 aliphatic carbocycles. The number of carbonyl (C=O) groups excluding carboxylic acids is 4. The lowest BCUT2D eigenvalue weighted by Crippen LogP contribution is -2.63. The number of carbonyl (C=O) groups is 4. The van der Waals surface area contributed by atoms with Crippen molar-refractivity contribution in [3.63, 3.8) is 0 Å². The first-order chi connectivity index (χ1) is 16.5. The average molecular weight is 498 g/mol. The van der Waals surface area contributed by atoms with E-state index in [1.807, 2.05) is 0 Å². The fourth-order valence-corrected chi connectivity index (χ4v) is 3.49. The molecular weight excluding hydrogens is 468 g/mol. The van der Waals surface area contributed by atoms with E-state index in [0.29, 0.717) is 11.3 Å². The maximum Gasteiger partial charge on any atom is 0.303 e. The van der Waals surface area contributed by atoms with E-state index in [9.17, 15) is 19.2 Å². The highest BCUT2D eigenvalue weighted by molar-refractivity contribution is 5.68. The van der Waals surface area contributed by atoms with Crippen molar-refractivity contribution in [3.05, 3.63) is 29.8 Å². The van der Waals surface area contributed by atoms with Crippen LogP contribution in [0.5, 0.6) is 5.75 Å². The van der Waals surface area contributed by atoms with E-state index in [1.54, 1.807) is 24.3 Å². The van der Waals surface area contributed by atoms with E-state index in [0.717, 1.165) is 20.8 Å². The monoisotopic (exact) mass is 498 g/mol. The largest absolute Gasteiger partial charge is 0.463 e. The van der Waals surface area contributed by atoms with E-state index in [2.05, 4.69) is 0 Å². The van der Waals surface area contributed by atoms with Crippen LogP contribution < -0.4 is 4.74 Å². The molecule has 5 atom stereocenters. The molecule has 12 nitrogen and oxygen atoms in total. The molecule has 2 rings (SSSR count). The van der Waals surface area contributed by atoms with Crippen LogP contribution in [0.1, 0.15) is 39.5 Å². The van der Waals surface area contributed by atoms with Crippen LogP contribution in [0.2, 0.25) is 0 Å². The van der Waals surface area contributed by atoms with E-state index in [-0.39, 0.29) is 6.61 Å². The second-order valence-corrected chi connectivity index (χ2v) is 7.56. The Morgan fingerprint density at radius 3 is 1.77 bits per heavy atom. The summed E-state index contributed by atoms with van der Waals surface area (Å²) in [6.45, 7) is 4.28. The molecule has 1 aliphatic rings. The molecule has 0 aromatic heterocycles. The van der Waals surface area contributed by atoms with E-state index in [1.165, 1.54) is 21.1 Å². The van der Waals surface area contributed by atoms with Crippen LogP contribution >= 0.6 is 0 Å². The van der Waals surface area contributed by atoms with Gasteiger partial charge < -0.3 is 37.9 Å². The fraction of sp³-hybridized carbons (Fsp3) is 0.565. The first-order valence-electron chi connectivity index (χ1n) is 10.7. The molecule has 0 saturated carbocycles. The van der Waals surface area contributed by atoms with Gasteiger partial charge in [-0.3, -0.25) is 19.2 Å². The van der Waals surface area contributed by atoms with Gasteiger partial charge in [0.05, 0.1) is 0 Å². The molecule has 12 heteroatoms. The molecule has 0 radical (unpaired) electrons. The normalized spacial score (nSPS) is 23.8. The van der Waals surface area contributed by atoms with Gasteiger partial charge in [0, 0.05) is 47.5 Å². The second-order valence-electron chi connectivity index (χ2n) is 7.56. The number of esters is 4. The predicted octanol–water partition coefficient (Wildman–Crippen LogP) is 1.44. The van der Waals surface area contributed by atoms with Gasteiger partial charge >= 0.3 is 23.9 Å². The Hall–Kier alpha value is -3.22. The molecule has 1 aliphatic heterocycles. The van der Waals surface area contributed by atoms with Crippen molar-refractivity contribution < 1.29 is 57.1 Å². The lowest BCUT2D eigenvalue weighted by molar-refractivity contribution is -0.288. The topological polar surface area (TPSA) is 142 Å². The summed E-state index contributed by atoms with van der Waals surface area (Å²) in [5.41, 5.74) is 0.712. The highest BCUT2D eigenvalue weighted by Crippen LogP contribution is 2.31.